The van der Waals surface area contributed by atoms with E-state index in [2.05, 4.69) is 0 Å². The quantitative estimate of drug-likeness (QED) is 0.829. The van der Waals surface area contributed by atoms with Crippen LogP contribution in [0.3, 0.4) is 0 Å². The Hall–Kier alpha value is -1.69. The smallest absolute Gasteiger partial charge is 0.246 e. The number of benzene rings is 1. The second-order valence-electron chi connectivity index (χ2n) is 4.04. The molecule has 0 radical (unpaired) electrons. The third-order valence-electron chi connectivity index (χ3n) is 3.00. The second-order valence-corrected chi connectivity index (χ2v) is 4.04. The fraction of sp³-hybridized carbons (Fsp3) is 0.417. The Kier molecular flexibility index (Phi) is 3.47. The molecule has 4 nitrogen and oxygen atoms in total. The Morgan fingerprint density at radius 2 is 1.89 bits per heavy atom. The highest BCUT2D eigenvalue weighted by molar-refractivity contribution is 5.78. The van der Waals surface area contributed by atoms with E-state index in [1.165, 1.54) is 14.2 Å². The van der Waals surface area contributed by atoms with Gasteiger partial charge in [-0.1, -0.05) is 0 Å². The molecular weight excluding hydrogens is 244 g/mol. The number of nitrogens with zero attached hydrogens (tertiary/aromatic N) is 1. The van der Waals surface area contributed by atoms with Crippen LogP contribution >= 0.6 is 0 Å². The van der Waals surface area contributed by atoms with Gasteiger partial charge < -0.3 is 4.74 Å². The maximum Gasteiger partial charge on any atom is 0.246 e. The fourth-order valence-corrected chi connectivity index (χ4v) is 2.12. The Bertz CT molecular complexity index is 455. The molecule has 1 aliphatic heterocycles. The van der Waals surface area contributed by atoms with Gasteiger partial charge in [0.25, 0.3) is 0 Å². The number of halogens is 2. The molecule has 1 atom stereocenters. The maximum absolute atomic E-state index is 13.8. The highest BCUT2D eigenvalue weighted by Gasteiger charge is 2.34. The predicted molar refractivity (Wildman–Crippen MR) is 59.0 cm³/mol. The van der Waals surface area contributed by atoms with Crippen molar-refractivity contribution >= 4 is 5.91 Å². The van der Waals surface area contributed by atoms with Gasteiger partial charge in [0.15, 0.2) is 0 Å². The van der Waals surface area contributed by atoms with Gasteiger partial charge >= 0.3 is 0 Å². The number of ether oxygens (including phenoxy) is 1. The molecule has 6 heteroatoms. The van der Waals surface area contributed by atoms with E-state index in [0.717, 1.165) is 17.2 Å². The number of amides is 1. The molecule has 0 bridgehead atoms. The second kappa shape index (κ2) is 4.89. The number of hydroxylamine groups is 2. The highest BCUT2D eigenvalue weighted by Crippen LogP contribution is 2.33. The van der Waals surface area contributed by atoms with Crippen LogP contribution < -0.4 is 4.74 Å². The molecule has 0 aromatic heterocycles. The van der Waals surface area contributed by atoms with Crippen molar-refractivity contribution < 1.29 is 23.1 Å². The molecule has 1 heterocycles. The molecule has 18 heavy (non-hydrogen) atoms. The van der Waals surface area contributed by atoms with Crippen molar-refractivity contribution in [1.82, 2.24) is 5.06 Å². The predicted octanol–water partition coefficient (Wildman–Crippen LogP) is 1.85. The summed E-state index contributed by atoms with van der Waals surface area (Å²) in [5.41, 5.74) is -0.0938. The van der Waals surface area contributed by atoms with E-state index in [4.69, 9.17) is 9.57 Å². The first-order chi connectivity index (χ1) is 8.56. The van der Waals surface area contributed by atoms with Crippen molar-refractivity contribution in [3.63, 3.8) is 0 Å². The third-order valence-corrected chi connectivity index (χ3v) is 3.00. The van der Waals surface area contributed by atoms with Crippen LogP contribution in [0.15, 0.2) is 12.1 Å². The molecule has 1 unspecified atom stereocenters. The molecule has 0 spiro atoms. The summed E-state index contributed by atoms with van der Waals surface area (Å²) in [6, 6.07) is 2.22. The van der Waals surface area contributed by atoms with Crippen LogP contribution in [0.5, 0.6) is 5.75 Å². The zero-order valence-electron chi connectivity index (χ0n) is 10.1. The number of carbonyl (C=O) groups excluding carboxylic acids is 1. The number of methoxy groups -OCH3 is 1. The molecule has 1 fully saturated rings. The van der Waals surface area contributed by atoms with Crippen LogP contribution in [0.25, 0.3) is 0 Å². The number of hydrogen-bond donors (Lipinski definition) is 0. The Morgan fingerprint density at radius 3 is 2.33 bits per heavy atom. The summed E-state index contributed by atoms with van der Waals surface area (Å²) in [6.07, 6.45) is 0.0357. The van der Waals surface area contributed by atoms with Gasteiger partial charge in [-0.2, -0.15) is 0 Å². The van der Waals surface area contributed by atoms with Gasteiger partial charge in [-0.25, -0.2) is 13.8 Å². The lowest BCUT2D eigenvalue weighted by atomic mass is 9.97. The van der Waals surface area contributed by atoms with Crippen molar-refractivity contribution in [1.29, 1.82) is 0 Å². The lowest BCUT2D eigenvalue weighted by Gasteiger charge is -2.14. The van der Waals surface area contributed by atoms with E-state index in [-0.39, 0.29) is 30.2 Å². The molecule has 0 saturated carbocycles. The molecule has 2 rings (SSSR count). The van der Waals surface area contributed by atoms with Crippen molar-refractivity contribution in [2.24, 2.45) is 0 Å². The first-order valence-electron chi connectivity index (χ1n) is 5.44. The van der Waals surface area contributed by atoms with E-state index in [1.807, 2.05) is 0 Å². The van der Waals surface area contributed by atoms with Crippen molar-refractivity contribution in [2.45, 2.75) is 12.3 Å². The number of carbonyl (C=O) groups is 1. The van der Waals surface area contributed by atoms with Crippen molar-refractivity contribution in [3.05, 3.63) is 29.3 Å². The van der Waals surface area contributed by atoms with Gasteiger partial charge in [0, 0.05) is 30.0 Å². The van der Waals surface area contributed by atoms with Crippen LogP contribution in [-0.4, -0.2) is 31.7 Å². The molecule has 1 aromatic carbocycles. The van der Waals surface area contributed by atoms with Gasteiger partial charge in [-0.15, -0.1) is 0 Å². The van der Waals surface area contributed by atoms with E-state index >= 15 is 0 Å². The van der Waals surface area contributed by atoms with Crippen LogP contribution in [0.2, 0.25) is 0 Å². The zero-order chi connectivity index (χ0) is 13.3. The Balaban J connectivity index is 2.32. The minimum atomic E-state index is -0.706. The van der Waals surface area contributed by atoms with Gasteiger partial charge in [0.2, 0.25) is 5.91 Å². The van der Waals surface area contributed by atoms with Crippen LogP contribution in [-0.2, 0) is 9.63 Å². The topological polar surface area (TPSA) is 38.8 Å². The minimum Gasteiger partial charge on any atom is -0.497 e. The average molecular weight is 257 g/mol. The van der Waals surface area contributed by atoms with Gasteiger partial charge in [0.1, 0.15) is 17.4 Å². The monoisotopic (exact) mass is 257 g/mol. The van der Waals surface area contributed by atoms with E-state index < -0.39 is 17.6 Å². The summed E-state index contributed by atoms with van der Waals surface area (Å²) >= 11 is 0. The van der Waals surface area contributed by atoms with Crippen LogP contribution in [0.1, 0.15) is 17.9 Å². The van der Waals surface area contributed by atoms with E-state index in [1.54, 1.807) is 0 Å². The van der Waals surface area contributed by atoms with Gasteiger partial charge in [-0.3, -0.25) is 9.63 Å². The summed E-state index contributed by atoms with van der Waals surface area (Å²) in [7, 11) is 2.68. The standard InChI is InChI=1S/C12H13F2NO3/c1-17-8-4-9(13)12(10(14)5-8)7-3-11(16)15(6-7)18-2/h4-5,7H,3,6H2,1-2H3. The lowest BCUT2D eigenvalue weighted by Crippen LogP contribution is -2.23. The normalized spacial score (nSPS) is 19.4. The first kappa shape index (κ1) is 12.8. The molecular formula is C12H13F2NO3. The number of hydrogen-bond acceptors (Lipinski definition) is 3. The van der Waals surface area contributed by atoms with Crippen molar-refractivity contribution in [3.8, 4) is 5.75 Å². The Morgan fingerprint density at radius 1 is 1.28 bits per heavy atom. The summed E-state index contributed by atoms with van der Waals surface area (Å²) in [5.74, 6) is -2.12. The lowest BCUT2D eigenvalue weighted by molar-refractivity contribution is -0.167. The first-order valence-corrected chi connectivity index (χ1v) is 5.44. The van der Waals surface area contributed by atoms with Gasteiger partial charge in [0.05, 0.1) is 20.8 Å². The minimum absolute atomic E-state index is 0.0357. The molecule has 1 aromatic rings. The average Bonchev–Trinajstić information content (AvgIpc) is 2.69. The Labute approximate surface area is 103 Å². The summed E-state index contributed by atoms with van der Waals surface area (Å²) < 4.78 is 32.4. The van der Waals surface area contributed by atoms with Crippen LogP contribution in [0.4, 0.5) is 8.78 Å². The molecule has 0 N–H and O–H groups in total. The van der Waals surface area contributed by atoms with E-state index in [0.29, 0.717) is 0 Å². The highest BCUT2D eigenvalue weighted by atomic mass is 19.1. The molecule has 98 valence electrons. The molecule has 1 aliphatic rings. The molecule has 0 aliphatic carbocycles. The molecule has 1 saturated heterocycles. The summed E-state index contributed by atoms with van der Waals surface area (Å²) in [4.78, 5) is 16.3. The summed E-state index contributed by atoms with van der Waals surface area (Å²) in [6.45, 7) is 0.148. The van der Waals surface area contributed by atoms with Crippen LogP contribution in [0, 0.1) is 11.6 Å². The largest absolute Gasteiger partial charge is 0.497 e. The van der Waals surface area contributed by atoms with Crippen molar-refractivity contribution in [2.75, 3.05) is 20.8 Å². The SMILES string of the molecule is COc1cc(F)c(C2CC(=O)N(OC)C2)c(F)c1. The third kappa shape index (κ3) is 2.15. The maximum atomic E-state index is 13.8. The van der Waals surface area contributed by atoms with Gasteiger partial charge in [-0.05, 0) is 0 Å². The zero-order valence-corrected chi connectivity index (χ0v) is 10.1. The molecule has 1 amide bonds. The number of rotatable bonds is 3. The van der Waals surface area contributed by atoms with E-state index in [9.17, 15) is 13.6 Å². The fourth-order valence-electron chi connectivity index (χ4n) is 2.12. The summed E-state index contributed by atoms with van der Waals surface area (Å²) in [5, 5.41) is 1.10.